The Kier molecular flexibility index (Phi) is 5.03. The maximum Gasteiger partial charge on any atom is 0.268 e. The molecule has 0 unspecified atom stereocenters. The van der Waals surface area contributed by atoms with E-state index in [2.05, 4.69) is 15.3 Å². The first kappa shape index (κ1) is 17.4. The first-order valence-corrected chi connectivity index (χ1v) is 8.33. The number of amides is 1. The lowest BCUT2D eigenvalue weighted by atomic mass is 10.1. The molecule has 25 heavy (non-hydrogen) atoms. The van der Waals surface area contributed by atoms with Gasteiger partial charge in [0.1, 0.15) is 5.82 Å². The first-order chi connectivity index (χ1) is 11.9. The van der Waals surface area contributed by atoms with Crippen LogP contribution in [0, 0.1) is 11.7 Å². The van der Waals surface area contributed by atoms with Crippen molar-refractivity contribution in [2.45, 2.75) is 6.42 Å². The quantitative estimate of drug-likeness (QED) is 0.898. The smallest absolute Gasteiger partial charge is 0.268 e. The normalized spacial score (nSPS) is 16.9. The Balaban J connectivity index is 1.58. The highest BCUT2D eigenvalue weighted by Gasteiger charge is 2.24. The van der Waals surface area contributed by atoms with Crippen LogP contribution in [-0.4, -0.2) is 35.3 Å². The summed E-state index contributed by atoms with van der Waals surface area (Å²) in [5, 5.41) is 7.05. The predicted molar refractivity (Wildman–Crippen MR) is 93.5 cm³/mol. The van der Waals surface area contributed by atoms with E-state index < -0.39 is 11.7 Å². The van der Waals surface area contributed by atoms with Gasteiger partial charge in [0, 0.05) is 32.7 Å². The van der Waals surface area contributed by atoms with E-state index in [1.807, 2.05) is 0 Å². The Bertz CT molecular complexity index is 855. The minimum absolute atomic E-state index is 0.132. The van der Waals surface area contributed by atoms with Gasteiger partial charge in [-0.2, -0.15) is 5.10 Å². The molecule has 0 saturated carbocycles. The molecule has 1 aromatic heterocycles. The van der Waals surface area contributed by atoms with Crippen molar-refractivity contribution < 1.29 is 9.18 Å². The molecule has 6 nitrogen and oxygen atoms in total. The number of halogens is 2. The van der Waals surface area contributed by atoms with Crippen LogP contribution >= 0.6 is 11.6 Å². The Labute approximate surface area is 149 Å². The third kappa shape index (κ3) is 3.99. The molecule has 3 rings (SSSR count). The predicted octanol–water partition coefficient (Wildman–Crippen LogP) is 1.83. The Morgan fingerprint density at radius 2 is 2.24 bits per heavy atom. The van der Waals surface area contributed by atoms with Gasteiger partial charge in [0.05, 0.1) is 22.5 Å². The monoisotopic (exact) mass is 364 g/mol. The molecule has 132 valence electrons. The molecular formula is C17H18ClFN4O2. The van der Waals surface area contributed by atoms with E-state index in [1.54, 1.807) is 19.3 Å². The second-order valence-corrected chi connectivity index (χ2v) is 6.52. The summed E-state index contributed by atoms with van der Waals surface area (Å²) in [5.74, 6) is -0.654. The number of anilines is 1. The van der Waals surface area contributed by atoms with Crippen LogP contribution in [0.15, 0.2) is 35.3 Å². The Morgan fingerprint density at radius 1 is 1.44 bits per heavy atom. The van der Waals surface area contributed by atoms with E-state index in [0.717, 1.165) is 24.7 Å². The summed E-state index contributed by atoms with van der Waals surface area (Å²) in [4.78, 5) is 25.9. The van der Waals surface area contributed by atoms with Gasteiger partial charge in [0.25, 0.3) is 11.5 Å². The lowest BCUT2D eigenvalue weighted by Crippen LogP contribution is -2.31. The second-order valence-electron chi connectivity index (χ2n) is 6.11. The van der Waals surface area contributed by atoms with Gasteiger partial charge in [-0.05, 0) is 30.5 Å². The highest BCUT2D eigenvalue weighted by Crippen LogP contribution is 2.22. The van der Waals surface area contributed by atoms with E-state index in [9.17, 15) is 14.0 Å². The zero-order valence-corrected chi connectivity index (χ0v) is 14.5. The lowest BCUT2D eigenvalue weighted by Gasteiger charge is -2.18. The van der Waals surface area contributed by atoms with Gasteiger partial charge >= 0.3 is 0 Å². The fourth-order valence-corrected chi connectivity index (χ4v) is 3.07. The highest BCUT2D eigenvalue weighted by molar-refractivity contribution is 6.33. The maximum absolute atomic E-state index is 13.3. The van der Waals surface area contributed by atoms with Gasteiger partial charge in [-0.1, -0.05) is 11.6 Å². The zero-order valence-electron chi connectivity index (χ0n) is 13.7. The van der Waals surface area contributed by atoms with Crippen molar-refractivity contribution in [2.24, 2.45) is 13.0 Å². The van der Waals surface area contributed by atoms with Crippen LogP contribution in [0.4, 0.5) is 10.1 Å². The van der Waals surface area contributed by atoms with Crippen LogP contribution in [-0.2, 0) is 7.05 Å². The summed E-state index contributed by atoms with van der Waals surface area (Å²) in [5.41, 5.74) is 0.757. The third-order valence-corrected chi connectivity index (χ3v) is 4.66. The van der Waals surface area contributed by atoms with E-state index >= 15 is 0 Å². The fourth-order valence-electron chi connectivity index (χ4n) is 2.87. The topological polar surface area (TPSA) is 67.2 Å². The van der Waals surface area contributed by atoms with E-state index in [1.165, 1.54) is 16.8 Å². The summed E-state index contributed by atoms with van der Waals surface area (Å²) in [7, 11) is 1.60. The van der Waals surface area contributed by atoms with Crippen molar-refractivity contribution in [3.05, 3.63) is 57.2 Å². The van der Waals surface area contributed by atoms with Crippen LogP contribution in [0.25, 0.3) is 0 Å². The molecule has 2 aromatic rings. The van der Waals surface area contributed by atoms with Gasteiger partial charge in [-0.3, -0.25) is 9.59 Å². The molecule has 0 spiro atoms. The SMILES string of the molecule is Cn1ncc(N2CC[C@H](CNC(=O)c3cc(F)ccc3Cl)C2)cc1=O. The molecule has 0 bridgehead atoms. The van der Waals surface area contributed by atoms with Crippen LogP contribution in [0.3, 0.4) is 0 Å². The number of nitrogens with one attached hydrogen (secondary N) is 1. The average Bonchev–Trinajstić information content (AvgIpc) is 3.06. The molecule has 0 radical (unpaired) electrons. The molecular weight excluding hydrogens is 347 g/mol. The number of nitrogens with zero attached hydrogens (tertiary/aromatic N) is 3. The molecule has 1 N–H and O–H groups in total. The molecule has 1 aromatic carbocycles. The van der Waals surface area contributed by atoms with Crippen molar-refractivity contribution in [1.82, 2.24) is 15.1 Å². The van der Waals surface area contributed by atoms with Crippen LogP contribution in [0.2, 0.25) is 5.02 Å². The number of aromatic nitrogens is 2. The number of hydrogen-bond donors (Lipinski definition) is 1. The number of carbonyl (C=O) groups is 1. The summed E-state index contributed by atoms with van der Waals surface area (Å²) in [6.45, 7) is 1.96. The number of rotatable bonds is 4. The van der Waals surface area contributed by atoms with Crippen molar-refractivity contribution >= 4 is 23.2 Å². The lowest BCUT2D eigenvalue weighted by molar-refractivity contribution is 0.0948. The molecule has 1 aliphatic heterocycles. The van der Waals surface area contributed by atoms with E-state index in [-0.39, 0.29) is 22.1 Å². The molecule has 1 fully saturated rings. The largest absolute Gasteiger partial charge is 0.370 e. The van der Waals surface area contributed by atoms with Gasteiger partial charge in [-0.25, -0.2) is 9.07 Å². The second kappa shape index (κ2) is 7.23. The third-order valence-electron chi connectivity index (χ3n) is 4.33. The fraction of sp³-hybridized carbons (Fsp3) is 0.353. The molecule has 0 aliphatic carbocycles. The molecule has 1 saturated heterocycles. The van der Waals surface area contributed by atoms with Crippen molar-refractivity contribution in [3.63, 3.8) is 0 Å². The molecule has 1 aliphatic rings. The van der Waals surface area contributed by atoms with Crippen LogP contribution in [0.5, 0.6) is 0 Å². The van der Waals surface area contributed by atoms with Crippen molar-refractivity contribution in [3.8, 4) is 0 Å². The van der Waals surface area contributed by atoms with Gasteiger partial charge in [-0.15, -0.1) is 0 Å². The minimum Gasteiger partial charge on any atom is -0.370 e. The van der Waals surface area contributed by atoms with Crippen LogP contribution in [0.1, 0.15) is 16.8 Å². The van der Waals surface area contributed by atoms with E-state index in [4.69, 9.17) is 11.6 Å². The zero-order chi connectivity index (χ0) is 18.0. The van der Waals surface area contributed by atoms with Crippen LogP contribution < -0.4 is 15.8 Å². The molecule has 8 heteroatoms. The van der Waals surface area contributed by atoms with Gasteiger partial charge in [0.15, 0.2) is 0 Å². The van der Waals surface area contributed by atoms with Crippen molar-refractivity contribution in [2.75, 3.05) is 24.5 Å². The number of hydrogen-bond acceptors (Lipinski definition) is 4. The van der Waals surface area contributed by atoms with E-state index in [0.29, 0.717) is 13.1 Å². The summed E-state index contributed by atoms with van der Waals surface area (Å²) in [6, 6.07) is 5.27. The Morgan fingerprint density at radius 3 is 3.00 bits per heavy atom. The number of benzene rings is 1. The molecule has 2 heterocycles. The minimum atomic E-state index is -0.500. The summed E-state index contributed by atoms with van der Waals surface area (Å²) < 4.78 is 14.5. The summed E-state index contributed by atoms with van der Waals surface area (Å²) >= 11 is 5.94. The highest BCUT2D eigenvalue weighted by atomic mass is 35.5. The Hall–Kier alpha value is -2.41. The number of carbonyl (C=O) groups excluding carboxylic acids is 1. The molecule has 1 amide bonds. The average molecular weight is 365 g/mol. The molecule has 1 atom stereocenters. The van der Waals surface area contributed by atoms with Crippen molar-refractivity contribution in [1.29, 1.82) is 0 Å². The van der Waals surface area contributed by atoms with Gasteiger partial charge < -0.3 is 10.2 Å². The first-order valence-electron chi connectivity index (χ1n) is 7.95. The maximum atomic E-state index is 13.3. The standard InChI is InChI=1S/C17H18ClFN4O2/c1-22-16(24)7-13(9-21-22)23-5-4-11(10-23)8-20-17(25)14-6-12(19)2-3-15(14)18/h2-3,6-7,9,11H,4-5,8,10H2,1H3,(H,20,25)/t11-/m1/s1. The summed E-state index contributed by atoms with van der Waals surface area (Å²) in [6.07, 6.45) is 2.54. The van der Waals surface area contributed by atoms with Gasteiger partial charge in [0.2, 0.25) is 0 Å². The number of aryl methyl sites for hydroxylation is 1.